The first-order chi connectivity index (χ1) is 12.3. The molecule has 6 heteroatoms. The number of thiophene rings is 1. The number of halogens is 3. The molecule has 0 radical (unpaired) electrons. The summed E-state index contributed by atoms with van der Waals surface area (Å²) >= 11 is 1.54. The largest absolute Gasteiger partial charge is 0.508 e. The standard InChI is InChI=1S/C20H19F3O2S/c1-12-10-15(6-7-17(12)24)25-9-3-4-18-13(2)16-11-14(20(21,22)23)5-8-19(16)26-18/h5-8,10-11,24H,3-4,9H2,1-2H3. The maximum absolute atomic E-state index is 12.9. The van der Waals surface area contributed by atoms with Gasteiger partial charge < -0.3 is 9.84 Å². The van der Waals surface area contributed by atoms with Crippen molar-refractivity contribution in [3.8, 4) is 11.5 Å². The number of benzene rings is 2. The van der Waals surface area contributed by atoms with Gasteiger partial charge in [0.1, 0.15) is 11.5 Å². The molecular formula is C20H19F3O2S. The summed E-state index contributed by atoms with van der Waals surface area (Å²) in [5.74, 6) is 0.930. The summed E-state index contributed by atoms with van der Waals surface area (Å²) in [6.07, 6.45) is -2.80. The van der Waals surface area contributed by atoms with Gasteiger partial charge in [0.25, 0.3) is 0 Å². The third-order valence-corrected chi connectivity index (χ3v) is 5.68. The van der Waals surface area contributed by atoms with E-state index in [0.29, 0.717) is 17.7 Å². The Morgan fingerprint density at radius 2 is 1.85 bits per heavy atom. The van der Waals surface area contributed by atoms with Gasteiger partial charge in [-0.3, -0.25) is 0 Å². The van der Waals surface area contributed by atoms with E-state index in [1.165, 1.54) is 17.4 Å². The van der Waals surface area contributed by atoms with Crippen LogP contribution in [0.3, 0.4) is 0 Å². The van der Waals surface area contributed by atoms with Crippen LogP contribution in [-0.2, 0) is 12.6 Å². The Morgan fingerprint density at radius 1 is 1.08 bits per heavy atom. The van der Waals surface area contributed by atoms with Crippen LogP contribution in [0, 0.1) is 13.8 Å². The van der Waals surface area contributed by atoms with Gasteiger partial charge in [0.15, 0.2) is 0 Å². The number of phenols is 1. The highest BCUT2D eigenvalue weighted by Gasteiger charge is 2.30. The van der Waals surface area contributed by atoms with Crippen LogP contribution in [-0.4, -0.2) is 11.7 Å². The van der Waals surface area contributed by atoms with Crippen LogP contribution >= 0.6 is 11.3 Å². The normalized spacial score (nSPS) is 11.9. The molecule has 0 fully saturated rings. The van der Waals surface area contributed by atoms with Crippen molar-refractivity contribution in [3.05, 3.63) is 58.0 Å². The molecular weight excluding hydrogens is 361 g/mol. The summed E-state index contributed by atoms with van der Waals surface area (Å²) < 4.78 is 45.2. The van der Waals surface area contributed by atoms with E-state index in [1.54, 1.807) is 31.2 Å². The van der Waals surface area contributed by atoms with E-state index in [4.69, 9.17) is 4.74 Å². The van der Waals surface area contributed by atoms with E-state index in [9.17, 15) is 18.3 Å². The molecule has 138 valence electrons. The molecule has 2 aromatic carbocycles. The number of rotatable bonds is 5. The minimum absolute atomic E-state index is 0.233. The van der Waals surface area contributed by atoms with E-state index >= 15 is 0 Å². The summed E-state index contributed by atoms with van der Waals surface area (Å²) in [6.45, 7) is 4.18. The van der Waals surface area contributed by atoms with E-state index in [-0.39, 0.29) is 5.75 Å². The fourth-order valence-electron chi connectivity index (χ4n) is 2.83. The van der Waals surface area contributed by atoms with E-state index in [1.807, 2.05) is 6.92 Å². The molecule has 0 aliphatic heterocycles. The van der Waals surface area contributed by atoms with Crippen molar-refractivity contribution < 1.29 is 23.0 Å². The first kappa shape index (κ1) is 18.6. The average Bonchev–Trinajstić information content (AvgIpc) is 2.90. The molecule has 0 bridgehead atoms. The number of phenolic OH excluding ortho intramolecular Hbond substituents is 1. The van der Waals surface area contributed by atoms with E-state index in [0.717, 1.165) is 39.6 Å². The fraction of sp³-hybridized carbons (Fsp3) is 0.300. The number of ether oxygens (including phenoxy) is 1. The Balaban J connectivity index is 1.65. The van der Waals surface area contributed by atoms with Crippen LogP contribution < -0.4 is 4.74 Å². The van der Waals surface area contributed by atoms with Gasteiger partial charge in [-0.2, -0.15) is 13.2 Å². The smallest absolute Gasteiger partial charge is 0.416 e. The molecule has 26 heavy (non-hydrogen) atoms. The quantitative estimate of drug-likeness (QED) is 0.530. The van der Waals surface area contributed by atoms with Gasteiger partial charge in [0, 0.05) is 9.58 Å². The monoisotopic (exact) mass is 380 g/mol. The number of alkyl halides is 3. The zero-order valence-electron chi connectivity index (χ0n) is 14.5. The first-order valence-corrected chi connectivity index (χ1v) is 9.09. The molecule has 1 aromatic heterocycles. The van der Waals surface area contributed by atoms with Gasteiger partial charge in [0.05, 0.1) is 12.2 Å². The van der Waals surface area contributed by atoms with Crippen molar-refractivity contribution in [2.45, 2.75) is 32.9 Å². The molecule has 0 aliphatic carbocycles. The summed E-state index contributed by atoms with van der Waals surface area (Å²) in [6, 6.07) is 9.01. The molecule has 1 N–H and O–H groups in total. The average molecular weight is 380 g/mol. The van der Waals surface area contributed by atoms with Crippen LogP contribution in [0.2, 0.25) is 0 Å². The predicted molar refractivity (Wildman–Crippen MR) is 98.2 cm³/mol. The van der Waals surface area contributed by atoms with Crippen molar-refractivity contribution >= 4 is 21.4 Å². The highest BCUT2D eigenvalue weighted by atomic mass is 32.1. The van der Waals surface area contributed by atoms with Crippen molar-refractivity contribution in [3.63, 3.8) is 0 Å². The topological polar surface area (TPSA) is 29.5 Å². The summed E-state index contributed by atoms with van der Waals surface area (Å²) in [7, 11) is 0. The van der Waals surface area contributed by atoms with Gasteiger partial charge in [-0.1, -0.05) is 0 Å². The predicted octanol–water partition coefficient (Wildman–Crippen LogP) is 6.25. The zero-order chi connectivity index (χ0) is 18.9. The lowest BCUT2D eigenvalue weighted by molar-refractivity contribution is -0.137. The Morgan fingerprint density at radius 3 is 2.54 bits per heavy atom. The molecule has 0 aliphatic rings. The maximum Gasteiger partial charge on any atom is 0.416 e. The number of hydrogen-bond donors (Lipinski definition) is 1. The van der Waals surface area contributed by atoms with Crippen LogP contribution in [0.4, 0.5) is 13.2 Å². The number of aromatic hydroxyl groups is 1. The van der Waals surface area contributed by atoms with Crippen molar-refractivity contribution in [1.82, 2.24) is 0 Å². The molecule has 2 nitrogen and oxygen atoms in total. The van der Waals surface area contributed by atoms with Crippen LogP contribution in [0.15, 0.2) is 36.4 Å². The lowest BCUT2D eigenvalue weighted by Gasteiger charge is -2.08. The van der Waals surface area contributed by atoms with Crippen molar-refractivity contribution in [2.24, 2.45) is 0 Å². The number of aryl methyl sites for hydroxylation is 3. The van der Waals surface area contributed by atoms with Gasteiger partial charge >= 0.3 is 6.18 Å². The van der Waals surface area contributed by atoms with Crippen LogP contribution in [0.25, 0.3) is 10.1 Å². The third kappa shape index (κ3) is 3.96. The Hall–Kier alpha value is -2.21. The SMILES string of the molecule is Cc1cc(OCCCc2sc3ccc(C(F)(F)F)cc3c2C)ccc1O. The highest BCUT2D eigenvalue weighted by Crippen LogP contribution is 2.37. The Bertz CT molecular complexity index is 929. The molecule has 0 amide bonds. The molecule has 0 saturated heterocycles. The van der Waals surface area contributed by atoms with Crippen molar-refractivity contribution in [2.75, 3.05) is 6.61 Å². The third-order valence-electron chi connectivity index (χ3n) is 4.35. The molecule has 1 heterocycles. The minimum Gasteiger partial charge on any atom is -0.508 e. The number of fused-ring (bicyclic) bond motifs is 1. The number of hydrogen-bond acceptors (Lipinski definition) is 3. The Labute approximate surface area is 153 Å². The first-order valence-electron chi connectivity index (χ1n) is 8.27. The van der Waals surface area contributed by atoms with E-state index < -0.39 is 11.7 Å². The second-order valence-corrected chi connectivity index (χ2v) is 7.40. The Kier molecular flexibility index (Phi) is 5.14. The molecule has 0 saturated carbocycles. The van der Waals surface area contributed by atoms with Crippen LogP contribution in [0.1, 0.15) is 28.0 Å². The minimum atomic E-state index is -4.32. The van der Waals surface area contributed by atoms with Crippen molar-refractivity contribution in [1.29, 1.82) is 0 Å². The van der Waals surface area contributed by atoms with Gasteiger partial charge in [-0.05, 0) is 79.6 Å². The summed E-state index contributed by atoms with van der Waals surface area (Å²) in [5, 5.41) is 10.2. The molecule has 0 spiro atoms. The van der Waals surface area contributed by atoms with Crippen LogP contribution in [0.5, 0.6) is 11.5 Å². The summed E-state index contributed by atoms with van der Waals surface area (Å²) in [4.78, 5) is 1.09. The van der Waals surface area contributed by atoms with Gasteiger partial charge in [-0.25, -0.2) is 0 Å². The lowest BCUT2D eigenvalue weighted by atomic mass is 10.1. The second kappa shape index (κ2) is 7.19. The van der Waals surface area contributed by atoms with E-state index in [2.05, 4.69) is 0 Å². The molecule has 0 atom stereocenters. The highest BCUT2D eigenvalue weighted by molar-refractivity contribution is 7.19. The van der Waals surface area contributed by atoms with Gasteiger partial charge in [0.2, 0.25) is 0 Å². The second-order valence-electron chi connectivity index (χ2n) is 6.26. The maximum atomic E-state index is 12.9. The summed E-state index contributed by atoms with van der Waals surface area (Å²) in [5.41, 5.74) is 1.06. The lowest BCUT2D eigenvalue weighted by Crippen LogP contribution is -2.04. The molecule has 3 rings (SSSR count). The van der Waals surface area contributed by atoms with Gasteiger partial charge in [-0.15, -0.1) is 11.3 Å². The molecule has 3 aromatic rings. The molecule has 0 unspecified atom stereocenters. The zero-order valence-corrected chi connectivity index (χ0v) is 15.3. The fourth-order valence-corrected chi connectivity index (χ4v) is 4.06.